The van der Waals surface area contributed by atoms with Crippen LogP contribution in [0.2, 0.25) is 0 Å². The van der Waals surface area contributed by atoms with Gasteiger partial charge in [0.2, 0.25) is 0 Å². The molecule has 68 valence electrons. The van der Waals surface area contributed by atoms with Crippen LogP contribution in [0.4, 0.5) is 0 Å². The van der Waals surface area contributed by atoms with Crippen molar-refractivity contribution in [2.75, 3.05) is 6.26 Å². The fourth-order valence-corrected chi connectivity index (χ4v) is 1.45. The molecule has 0 radical (unpaired) electrons. The van der Waals surface area contributed by atoms with E-state index in [0.29, 0.717) is 11.8 Å². The molecular formula is C8H14N2OS. The summed E-state index contributed by atoms with van der Waals surface area (Å²) in [6.07, 6.45) is 5.46. The summed E-state index contributed by atoms with van der Waals surface area (Å²) < 4.78 is 12.6. The maximum atomic E-state index is 10.8. The molecule has 1 heterocycles. The van der Waals surface area contributed by atoms with Gasteiger partial charge < -0.3 is 0 Å². The van der Waals surface area contributed by atoms with Gasteiger partial charge in [0.05, 0.1) is 6.20 Å². The van der Waals surface area contributed by atoms with Gasteiger partial charge in [0, 0.05) is 23.3 Å². The van der Waals surface area contributed by atoms with Crippen molar-refractivity contribution < 1.29 is 4.21 Å². The van der Waals surface area contributed by atoms with Gasteiger partial charge in [0.1, 0.15) is 5.88 Å². The molecule has 1 atom stereocenters. The summed E-state index contributed by atoms with van der Waals surface area (Å²) in [6, 6.07) is 0. The number of aromatic nitrogens is 2. The Balaban J connectivity index is 2.70. The first-order chi connectivity index (χ1) is 5.59. The fourth-order valence-electron chi connectivity index (χ4n) is 0.935. The van der Waals surface area contributed by atoms with E-state index in [0.717, 1.165) is 0 Å². The molecule has 1 unspecified atom stereocenters. The van der Waals surface area contributed by atoms with Gasteiger partial charge in [-0.15, -0.1) is 0 Å². The smallest absolute Gasteiger partial charge is 0.116 e. The van der Waals surface area contributed by atoms with Gasteiger partial charge in [0.15, 0.2) is 0 Å². The molecule has 0 aromatic carbocycles. The van der Waals surface area contributed by atoms with Crippen LogP contribution in [0, 0.1) is 0 Å². The Hall–Kier alpha value is -0.640. The van der Waals surface area contributed by atoms with Crippen LogP contribution in [0.3, 0.4) is 0 Å². The van der Waals surface area contributed by atoms with E-state index >= 15 is 0 Å². The third-order valence-corrected chi connectivity index (χ3v) is 2.26. The Labute approximate surface area is 75.2 Å². The predicted octanol–water partition coefficient (Wildman–Crippen LogP) is 1.34. The van der Waals surface area contributed by atoms with Crippen LogP contribution in [0.15, 0.2) is 12.4 Å². The van der Waals surface area contributed by atoms with Crippen LogP contribution < -0.4 is 0 Å². The van der Waals surface area contributed by atoms with Crippen LogP contribution in [0.5, 0.6) is 0 Å². The molecule has 0 fully saturated rings. The Bertz CT molecular complexity index is 280. The Morgan fingerprint density at radius 3 is 2.75 bits per heavy atom. The summed E-state index contributed by atoms with van der Waals surface area (Å²) in [5.74, 6) is 0.983. The Morgan fingerprint density at radius 2 is 2.33 bits per heavy atom. The van der Waals surface area contributed by atoms with E-state index in [-0.39, 0.29) is 0 Å². The molecule has 0 N–H and O–H groups in total. The topological polar surface area (TPSA) is 34.9 Å². The largest absolute Gasteiger partial charge is 0.260 e. The molecule has 0 aliphatic heterocycles. The highest BCUT2D eigenvalue weighted by molar-refractivity contribution is 7.83. The van der Waals surface area contributed by atoms with Crippen LogP contribution in [0.1, 0.15) is 25.3 Å². The van der Waals surface area contributed by atoms with Gasteiger partial charge in [0.25, 0.3) is 0 Å². The van der Waals surface area contributed by atoms with Crippen LogP contribution >= 0.6 is 0 Å². The Kier molecular flexibility index (Phi) is 3.03. The van der Waals surface area contributed by atoms with E-state index in [4.69, 9.17) is 0 Å². The average Bonchev–Trinajstić information content (AvgIpc) is 2.34. The second kappa shape index (κ2) is 3.85. The number of hydrogen-bond acceptors (Lipinski definition) is 2. The van der Waals surface area contributed by atoms with E-state index in [1.54, 1.807) is 10.9 Å². The van der Waals surface area contributed by atoms with Crippen LogP contribution in [0.25, 0.3) is 0 Å². The average molecular weight is 186 g/mol. The van der Waals surface area contributed by atoms with Crippen molar-refractivity contribution in [3.05, 3.63) is 18.0 Å². The van der Waals surface area contributed by atoms with Crippen molar-refractivity contribution in [1.29, 1.82) is 0 Å². The molecule has 3 nitrogen and oxygen atoms in total. The maximum Gasteiger partial charge on any atom is 0.116 e. The van der Waals surface area contributed by atoms with Crippen LogP contribution in [-0.2, 0) is 16.7 Å². The van der Waals surface area contributed by atoms with Crippen molar-refractivity contribution in [3.8, 4) is 0 Å². The lowest BCUT2D eigenvalue weighted by atomic mass is 10.1. The zero-order valence-corrected chi connectivity index (χ0v) is 8.47. The minimum atomic E-state index is -0.816. The third kappa shape index (κ3) is 2.44. The molecular weight excluding hydrogens is 172 g/mol. The molecule has 1 rings (SSSR count). The second-order valence-electron chi connectivity index (χ2n) is 3.17. The van der Waals surface area contributed by atoms with Crippen molar-refractivity contribution >= 4 is 10.8 Å². The SMILES string of the molecule is CC(C)c1cnn(CS(C)=O)c1. The molecule has 0 spiro atoms. The van der Waals surface area contributed by atoms with E-state index in [1.807, 2.05) is 12.4 Å². The summed E-state index contributed by atoms with van der Waals surface area (Å²) >= 11 is 0. The maximum absolute atomic E-state index is 10.8. The number of rotatable bonds is 3. The van der Waals surface area contributed by atoms with Crippen molar-refractivity contribution in [2.45, 2.75) is 25.6 Å². The van der Waals surface area contributed by atoms with Crippen molar-refractivity contribution in [3.63, 3.8) is 0 Å². The van der Waals surface area contributed by atoms with Crippen LogP contribution in [-0.4, -0.2) is 20.2 Å². The zero-order chi connectivity index (χ0) is 9.14. The van der Waals surface area contributed by atoms with Gasteiger partial charge in [-0.25, -0.2) is 0 Å². The highest BCUT2D eigenvalue weighted by atomic mass is 32.2. The van der Waals surface area contributed by atoms with E-state index in [1.165, 1.54) is 5.56 Å². The molecule has 0 saturated carbocycles. The van der Waals surface area contributed by atoms with Gasteiger partial charge >= 0.3 is 0 Å². The monoisotopic (exact) mass is 186 g/mol. The summed E-state index contributed by atoms with van der Waals surface area (Å²) in [4.78, 5) is 0. The zero-order valence-electron chi connectivity index (χ0n) is 7.65. The summed E-state index contributed by atoms with van der Waals surface area (Å²) in [6.45, 7) is 4.23. The van der Waals surface area contributed by atoms with Crippen molar-refractivity contribution in [1.82, 2.24) is 9.78 Å². The summed E-state index contributed by atoms with van der Waals surface area (Å²) in [7, 11) is -0.816. The molecule has 12 heavy (non-hydrogen) atoms. The number of nitrogens with zero attached hydrogens (tertiary/aromatic N) is 2. The van der Waals surface area contributed by atoms with E-state index < -0.39 is 10.8 Å². The first kappa shape index (κ1) is 9.45. The van der Waals surface area contributed by atoms with Gasteiger partial charge in [-0.05, 0) is 11.5 Å². The third-order valence-electron chi connectivity index (χ3n) is 1.63. The van der Waals surface area contributed by atoms with Gasteiger partial charge in [-0.1, -0.05) is 13.8 Å². The van der Waals surface area contributed by atoms with E-state index in [9.17, 15) is 4.21 Å². The van der Waals surface area contributed by atoms with E-state index in [2.05, 4.69) is 18.9 Å². The lowest BCUT2D eigenvalue weighted by Crippen LogP contribution is -2.02. The standard InChI is InChI=1S/C8H14N2OS/c1-7(2)8-4-9-10(5-8)6-12(3)11/h4-5,7H,6H2,1-3H3. The molecule has 1 aromatic heterocycles. The minimum Gasteiger partial charge on any atom is -0.260 e. The highest BCUT2D eigenvalue weighted by Crippen LogP contribution is 2.11. The fraction of sp³-hybridized carbons (Fsp3) is 0.625. The first-order valence-electron chi connectivity index (χ1n) is 3.92. The molecule has 0 saturated heterocycles. The summed E-state index contributed by atoms with van der Waals surface area (Å²) in [5, 5.41) is 4.10. The van der Waals surface area contributed by atoms with Crippen molar-refractivity contribution in [2.24, 2.45) is 0 Å². The lowest BCUT2D eigenvalue weighted by molar-refractivity contribution is 0.662. The molecule has 4 heteroatoms. The molecule has 1 aromatic rings. The molecule has 0 aliphatic carbocycles. The second-order valence-corrected chi connectivity index (χ2v) is 4.57. The minimum absolute atomic E-state index is 0.490. The normalized spacial score (nSPS) is 13.7. The summed E-state index contributed by atoms with van der Waals surface area (Å²) in [5.41, 5.74) is 1.19. The molecule has 0 amide bonds. The molecule has 0 bridgehead atoms. The van der Waals surface area contributed by atoms with Gasteiger partial charge in [-0.3, -0.25) is 8.89 Å². The molecule has 0 aliphatic rings. The van der Waals surface area contributed by atoms with Gasteiger partial charge in [-0.2, -0.15) is 5.10 Å². The lowest BCUT2D eigenvalue weighted by Gasteiger charge is -1.98. The highest BCUT2D eigenvalue weighted by Gasteiger charge is 2.02. The predicted molar refractivity (Wildman–Crippen MR) is 50.4 cm³/mol. The first-order valence-corrected chi connectivity index (χ1v) is 5.64. The number of hydrogen-bond donors (Lipinski definition) is 0. The quantitative estimate of drug-likeness (QED) is 0.714. The Morgan fingerprint density at radius 1 is 1.67 bits per heavy atom.